The Hall–Kier alpha value is -1.40. The summed E-state index contributed by atoms with van der Waals surface area (Å²) in [6.45, 7) is 5.25. The zero-order valence-corrected chi connectivity index (χ0v) is 15.2. The molecule has 1 atom stereocenters. The third-order valence-corrected chi connectivity index (χ3v) is 4.83. The van der Waals surface area contributed by atoms with Gasteiger partial charge >= 0.3 is 0 Å². The summed E-state index contributed by atoms with van der Waals surface area (Å²) in [7, 11) is 0. The summed E-state index contributed by atoms with van der Waals surface area (Å²) in [5.74, 6) is -0.113. The van der Waals surface area contributed by atoms with Crippen LogP contribution in [0.5, 0.6) is 0 Å². The molecule has 1 saturated heterocycles. The molecule has 0 aromatic heterocycles. The number of aryl methyl sites for hydroxylation is 1. The van der Waals surface area contributed by atoms with Gasteiger partial charge in [-0.3, -0.25) is 9.59 Å². The van der Waals surface area contributed by atoms with Crippen LogP contribution in [0.15, 0.2) is 22.7 Å². The Bertz CT molecular complexity index is 571. The standard InChI is InChI=1S/C17H23BrN2O3/c1-12-10-14(5-6-16(12)18)19-17(22)7-8-20(13(2)21)11-15-4-3-9-23-15/h5-6,10,15H,3-4,7-9,11H2,1-2H3,(H,19,22). The first-order valence-corrected chi connectivity index (χ1v) is 8.68. The maximum Gasteiger partial charge on any atom is 0.226 e. The summed E-state index contributed by atoms with van der Waals surface area (Å²) in [6, 6.07) is 5.67. The molecule has 1 fully saturated rings. The lowest BCUT2D eigenvalue weighted by Gasteiger charge is -2.24. The summed E-state index contributed by atoms with van der Waals surface area (Å²) < 4.78 is 6.57. The lowest BCUT2D eigenvalue weighted by Crippen LogP contribution is -2.37. The Morgan fingerprint density at radius 1 is 1.43 bits per heavy atom. The zero-order chi connectivity index (χ0) is 16.8. The molecular weight excluding hydrogens is 360 g/mol. The molecular formula is C17H23BrN2O3. The summed E-state index contributed by atoms with van der Waals surface area (Å²) in [5.41, 5.74) is 1.83. The van der Waals surface area contributed by atoms with Gasteiger partial charge < -0.3 is 15.0 Å². The van der Waals surface area contributed by atoms with Crippen LogP contribution in [0.25, 0.3) is 0 Å². The number of carbonyl (C=O) groups excluding carboxylic acids is 2. The third-order valence-electron chi connectivity index (χ3n) is 3.94. The van der Waals surface area contributed by atoms with Gasteiger partial charge in [0.15, 0.2) is 0 Å². The van der Waals surface area contributed by atoms with Gasteiger partial charge in [0.1, 0.15) is 0 Å². The van der Waals surface area contributed by atoms with Crippen LogP contribution in [0.4, 0.5) is 5.69 Å². The number of anilines is 1. The van der Waals surface area contributed by atoms with Crippen molar-refractivity contribution >= 4 is 33.4 Å². The maximum atomic E-state index is 12.1. The number of hydrogen-bond donors (Lipinski definition) is 1. The van der Waals surface area contributed by atoms with Crippen molar-refractivity contribution in [3.05, 3.63) is 28.2 Å². The first-order chi connectivity index (χ1) is 11.0. The molecule has 1 aromatic rings. The van der Waals surface area contributed by atoms with Crippen LogP contribution in [0.3, 0.4) is 0 Å². The number of hydrogen-bond acceptors (Lipinski definition) is 3. The molecule has 2 rings (SSSR count). The Kier molecular flexibility index (Phi) is 6.59. The molecule has 0 bridgehead atoms. The van der Waals surface area contributed by atoms with Gasteiger partial charge in [0.25, 0.3) is 0 Å². The van der Waals surface area contributed by atoms with E-state index in [-0.39, 0.29) is 24.3 Å². The van der Waals surface area contributed by atoms with E-state index >= 15 is 0 Å². The van der Waals surface area contributed by atoms with E-state index in [0.717, 1.165) is 35.2 Å². The van der Waals surface area contributed by atoms with Crippen LogP contribution in [0.2, 0.25) is 0 Å². The molecule has 126 valence electrons. The van der Waals surface area contributed by atoms with E-state index in [1.807, 2.05) is 25.1 Å². The van der Waals surface area contributed by atoms with Crippen molar-refractivity contribution < 1.29 is 14.3 Å². The summed E-state index contributed by atoms with van der Waals surface area (Å²) >= 11 is 3.43. The van der Waals surface area contributed by atoms with Crippen molar-refractivity contribution in [1.29, 1.82) is 0 Å². The van der Waals surface area contributed by atoms with Crippen molar-refractivity contribution in [2.24, 2.45) is 0 Å². The highest BCUT2D eigenvalue weighted by Crippen LogP contribution is 2.20. The highest BCUT2D eigenvalue weighted by atomic mass is 79.9. The number of halogens is 1. The molecule has 0 radical (unpaired) electrons. The van der Waals surface area contributed by atoms with Crippen LogP contribution in [0.1, 0.15) is 31.7 Å². The van der Waals surface area contributed by atoms with Crippen LogP contribution in [-0.4, -0.2) is 42.5 Å². The smallest absolute Gasteiger partial charge is 0.226 e. The molecule has 1 unspecified atom stereocenters. The molecule has 5 nitrogen and oxygen atoms in total. The second-order valence-electron chi connectivity index (χ2n) is 5.86. The predicted octanol–water partition coefficient (Wildman–Crippen LogP) is 3.11. The van der Waals surface area contributed by atoms with E-state index in [9.17, 15) is 9.59 Å². The van der Waals surface area contributed by atoms with Crippen LogP contribution in [0, 0.1) is 6.92 Å². The molecule has 0 saturated carbocycles. The zero-order valence-electron chi connectivity index (χ0n) is 13.6. The predicted molar refractivity (Wildman–Crippen MR) is 93.4 cm³/mol. The first kappa shape index (κ1) is 17.9. The van der Waals surface area contributed by atoms with E-state index in [1.54, 1.807) is 4.90 Å². The van der Waals surface area contributed by atoms with Gasteiger partial charge in [-0.05, 0) is 43.5 Å². The topological polar surface area (TPSA) is 58.6 Å². The van der Waals surface area contributed by atoms with E-state index in [0.29, 0.717) is 13.1 Å². The Morgan fingerprint density at radius 2 is 2.22 bits per heavy atom. The second kappa shape index (κ2) is 8.45. The fourth-order valence-corrected chi connectivity index (χ4v) is 2.84. The molecule has 0 aliphatic carbocycles. The molecule has 1 aliphatic rings. The highest BCUT2D eigenvalue weighted by molar-refractivity contribution is 9.10. The van der Waals surface area contributed by atoms with Gasteiger partial charge in [0.05, 0.1) is 6.10 Å². The minimum absolute atomic E-state index is 0.0206. The monoisotopic (exact) mass is 382 g/mol. The Morgan fingerprint density at radius 3 is 2.83 bits per heavy atom. The molecule has 0 spiro atoms. The van der Waals surface area contributed by atoms with Gasteiger partial charge in [0, 0.05) is 43.2 Å². The summed E-state index contributed by atoms with van der Waals surface area (Å²) in [6.07, 6.45) is 2.41. The third kappa shape index (κ3) is 5.62. The van der Waals surface area contributed by atoms with Crippen molar-refractivity contribution in [1.82, 2.24) is 4.90 Å². The average Bonchev–Trinajstić information content (AvgIpc) is 3.00. The minimum Gasteiger partial charge on any atom is -0.376 e. The molecule has 2 amide bonds. The van der Waals surface area contributed by atoms with Gasteiger partial charge in [-0.1, -0.05) is 15.9 Å². The molecule has 6 heteroatoms. The van der Waals surface area contributed by atoms with Crippen molar-refractivity contribution in [3.8, 4) is 0 Å². The fourth-order valence-electron chi connectivity index (χ4n) is 2.59. The average molecular weight is 383 g/mol. The summed E-state index contributed by atoms with van der Waals surface area (Å²) in [4.78, 5) is 25.5. The lowest BCUT2D eigenvalue weighted by molar-refractivity contribution is -0.130. The normalized spacial score (nSPS) is 17.1. The first-order valence-electron chi connectivity index (χ1n) is 7.89. The number of benzene rings is 1. The second-order valence-corrected chi connectivity index (χ2v) is 6.72. The molecule has 1 aliphatic heterocycles. The molecule has 1 aromatic carbocycles. The van der Waals surface area contributed by atoms with Crippen molar-refractivity contribution in [2.75, 3.05) is 25.0 Å². The highest BCUT2D eigenvalue weighted by Gasteiger charge is 2.21. The van der Waals surface area contributed by atoms with E-state index in [4.69, 9.17) is 4.74 Å². The number of amides is 2. The lowest BCUT2D eigenvalue weighted by atomic mass is 10.2. The summed E-state index contributed by atoms with van der Waals surface area (Å²) in [5, 5.41) is 2.87. The van der Waals surface area contributed by atoms with Crippen LogP contribution >= 0.6 is 15.9 Å². The number of nitrogens with zero attached hydrogens (tertiary/aromatic N) is 1. The van der Waals surface area contributed by atoms with Gasteiger partial charge in [-0.25, -0.2) is 0 Å². The van der Waals surface area contributed by atoms with E-state index < -0.39 is 0 Å². The Labute approximate surface area is 145 Å². The molecule has 23 heavy (non-hydrogen) atoms. The number of carbonyl (C=O) groups is 2. The SMILES string of the molecule is CC(=O)N(CCC(=O)Nc1ccc(Br)c(C)c1)CC1CCCO1. The van der Waals surface area contributed by atoms with Crippen molar-refractivity contribution in [3.63, 3.8) is 0 Å². The van der Waals surface area contributed by atoms with Crippen LogP contribution in [-0.2, 0) is 14.3 Å². The largest absolute Gasteiger partial charge is 0.376 e. The fraction of sp³-hybridized carbons (Fsp3) is 0.529. The van der Waals surface area contributed by atoms with Gasteiger partial charge in [0.2, 0.25) is 11.8 Å². The van der Waals surface area contributed by atoms with Crippen molar-refractivity contribution in [2.45, 2.75) is 39.2 Å². The molecule has 1 heterocycles. The maximum absolute atomic E-state index is 12.1. The number of ether oxygens (including phenoxy) is 1. The minimum atomic E-state index is -0.0923. The van der Waals surface area contributed by atoms with Crippen LogP contribution < -0.4 is 5.32 Å². The number of nitrogens with one attached hydrogen (secondary N) is 1. The number of rotatable bonds is 6. The Balaban J connectivity index is 1.83. The van der Waals surface area contributed by atoms with Gasteiger partial charge in [-0.2, -0.15) is 0 Å². The van der Waals surface area contributed by atoms with Gasteiger partial charge in [-0.15, -0.1) is 0 Å². The quantitative estimate of drug-likeness (QED) is 0.821. The van der Waals surface area contributed by atoms with E-state index in [1.165, 1.54) is 6.92 Å². The molecule has 1 N–H and O–H groups in total. The van der Waals surface area contributed by atoms with E-state index in [2.05, 4.69) is 21.2 Å².